The minimum Gasteiger partial charge on any atom is -0.394 e. The molecule has 1 saturated carbocycles. The van der Waals surface area contributed by atoms with Crippen LogP contribution in [0.4, 0.5) is 0 Å². The largest absolute Gasteiger partial charge is 0.394 e. The Morgan fingerprint density at radius 3 is 2.56 bits per heavy atom. The van der Waals surface area contributed by atoms with Gasteiger partial charge in [-0.25, -0.2) is 0 Å². The Hall–Kier alpha value is -1.43. The maximum absolute atomic E-state index is 13.2. The zero-order valence-corrected chi connectivity index (χ0v) is 17.0. The van der Waals surface area contributed by atoms with E-state index < -0.39 is 0 Å². The Labute approximate surface area is 162 Å². The summed E-state index contributed by atoms with van der Waals surface area (Å²) in [6, 6.07) is 8.02. The fourth-order valence-corrected chi connectivity index (χ4v) is 4.55. The summed E-state index contributed by atoms with van der Waals surface area (Å²) in [7, 11) is 1.76. The van der Waals surface area contributed by atoms with Crippen molar-refractivity contribution >= 4 is 5.91 Å². The van der Waals surface area contributed by atoms with Gasteiger partial charge in [0, 0.05) is 19.2 Å². The molecule has 1 aromatic carbocycles. The standard InChI is InChI=1S/C22H33NO4/c1-21(2,3)17-7-5-16(6-8-17)20(25)23-12-11-22(26-4)10-9-18(15-19(22)23)27-14-13-24/h5-8,18-19,24H,9-15H2,1-4H3/t18?,19?,22-/m1/s1. The van der Waals surface area contributed by atoms with Gasteiger partial charge in [0.05, 0.1) is 31.0 Å². The smallest absolute Gasteiger partial charge is 0.254 e. The van der Waals surface area contributed by atoms with E-state index in [0.717, 1.165) is 31.2 Å². The van der Waals surface area contributed by atoms with E-state index in [1.54, 1.807) is 7.11 Å². The van der Waals surface area contributed by atoms with Gasteiger partial charge in [0.25, 0.3) is 5.91 Å². The van der Waals surface area contributed by atoms with Gasteiger partial charge in [0.2, 0.25) is 0 Å². The van der Waals surface area contributed by atoms with Crippen molar-refractivity contribution in [2.45, 2.75) is 69.6 Å². The molecule has 0 spiro atoms. The molecule has 1 amide bonds. The van der Waals surface area contributed by atoms with E-state index in [9.17, 15) is 4.79 Å². The Bertz CT molecular complexity index is 651. The fraction of sp³-hybridized carbons (Fsp3) is 0.682. The molecular formula is C22H33NO4. The number of ether oxygens (including phenoxy) is 2. The van der Waals surface area contributed by atoms with Crippen LogP contribution in [0.3, 0.4) is 0 Å². The summed E-state index contributed by atoms with van der Waals surface area (Å²) in [5, 5.41) is 9.04. The normalized spacial score (nSPS) is 28.3. The lowest BCUT2D eigenvalue weighted by atomic mass is 9.79. The molecule has 0 aromatic heterocycles. The van der Waals surface area contributed by atoms with E-state index >= 15 is 0 Å². The number of rotatable bonds is 5. The Morgan fingerprint density at radius 1 is 1.26 bits per heavy atom. The van der Waals surface area contributed by atoms with E-state index in [2.05, 4.69) is 32.9 Å². The summed E-state index contributed by atoms with van der Waals surface area (Å²) in [6.45, 7) is 7.60. The molecule has 2 aliphatic rings. The van der Waals surface area contributed by atoms with Crippen LogP contribution in [-0.4, -0.2) is 60.5 Å². The van der Waals surface area contributed by atoms with Gasteiger partial charge in [0.1, 0.15) is 0 Å². The van der Waals surface area contributed by atoms with Gasteiger partial charge in [-0.1, -0.05) is 32.9 Å². The molecular weight excluding hydrogens is 342 g/mol. The zero-order chi connectivity index (χ0) is 19.7. The van der Waals surface area contributed by atoms with Crippen LogP contribution in [0.15, 0.2) is 24.3 Å². The predicted molar refractivity (Wildman–Crippen MR) is 105 cm³/mol. The molecule has 5 nitrogen and oxygen atoms in total. The summed E-state index contributed by atoms with van der Waals surface area (Å²) >= 11 is 0. The Kier molecular flexibility index (Phi) is 5.94. The molecule has 0 bridgehead atoms. The summed E-state index contributed by atoms with van der Waals surface area (Å²) in [4.78, 5) is 15.2. The van der Waals surface area contributed by atoms with Crippen LogP contribution in [-0.2, 0) is 14.9 Å². The maximum atomic E-state index is 13.2. The Balaban J connectivity index is 1.78. The number of aliphatic hydroxyl groups excluding tert-OH is 1. The molecule has 27 heavy (non-hydrogen) atoms. The van der Waals surface area contributed by atoms with Gasteiger partial charge in [-0.2, -0.15) is 0 Å². The molecule has 1 aliphatic heterocycles. The third-order valence-corrected chi connectivity index (χ3v) is 6.25. The number of hydrogen-bond acceptors (Lipinski definition) is 4. The number of amides is 1. The van der Waals surface area contributed by atoms with Crippen molar-refractivity contribution < 1.29 is 19.4 Å². The third-order valence-electron chi connectivity index (χ3n) is 6.25. The molecule has 1 saturated heterocycles. The maximum Gasteiger partial charge on any atom is 0.254 e. The average molecular weight is 376 g/mol. The number of likely N-dealkylation sites (tertiary alicyclic amines) is 1. The highest BCUT2D eigenvalue weighted by Crippen LogP contribution is 2.43. The lowest BCUT2D eigenvalue weighted by Crippen LogP contribution is -2.53. The quantitative estimate of drug-likeness (QED) is 0.859. The van der Waals surface area contributed by atoms with Crippen LogP contribution in [0.2, 0.25) is 0 Å². The average Bonchev–Trinajstić information content (AvgIpc) is 3.04. The van der Waals surface area contributed by atoms with Crippen molar-refractivity contribution in [2.24, 2.45) is 0 Å². The molecule has 150 valence electrons. The fourth-order valence-electron chi connectivity index (χ4n) is 4.55. The predicted octanol–water partition coefficient (Wildman–Crippen LogP) is 3.15. The number of benzene rings is 1. The van der Waals surface area contributed by atoms with E-state index in [-0.39, 0.29) is 35.7 Å². The molecule has 1 N–H and O–H groups in total. The first-order chi connectivity index (χ1) is 12.8. The highest BCUT2D eigenvalue weighted by Gasteiger charge is 2.52. The number of methoxy groups -OCH3 is 1. The van der Waals surface area contributed by atoms with Gasteiger partial charge in [-0.15, -0.1) is 0 Å². The van der Waals surface area contributed by atoms with E-state index in [1.165, 1.54) is 5.56 Å². The molecule has 2 unspecified atom stereocenters. The highest BCUT2D eigenvalue weighted by atomic mass is 16.5. The van der Waals surface area contributed by atoms with Gasteiger partial charge >= 0.3 is 0 Å². The number of nitrogens with zero attached hydrogens (tertiary/aromatic N) is 1. The van der Waals surface area contributed by atoms with Gasteiger partial charge in [-0.3, -0.25) is 4.79 Å². The van der Waals surface area contributed by atoms with E-state index in [0.29, 0.717) is 13.2 Å². The summed E-state index contributed by atoms with van der Waals surface area (Å²) in [6.07, 6.45) is 3.50. The summed E-state index contributed by atoms with van der Waals surface area (Å²) in [5.41, 5.74) is 1.76. The first kappa shape index (κ1) is 20.3. The van der Waals surface area contributed by atoms with Crippen LogP contribution in [0.25, 0.3) is 0 Å². The Morgan fingerprint density at radius 2 is 1.96 bits per heavy atom. The number of aliphatic hydroxyl groups is 1. The second kappa shape index (κ2) is 7.90. The second-order valence-corrected chi connectivity index (χ2v) is 8.85. The number of hydrogen-bond donors (Lipinski definition) is 1. The zero-order valence-electron chi connectivity index (χ0n) is 17.0. The van der Waals surface area contributed by atoms with Crippen LogP contribution >= 0.6 is 0 Å². The summed E-state index contributed by atoms with van der Waals surface area (Å²) in [5.74, 6) is 0.0715. The lowest BCUT2D eigenvalue weighted by Gasteiger charge is -2.43. The van der Waals surface area contributed by atoms with Crippen LogP contribution in [0, 0.1) is 0 Å². The minimum absolute atomic E-state index is 0.0229. The molecule has 5 heteroatoms. The topological polar surface area (TPSA) is 59.0 Å². The van der Waals surface area contributed by atoms with Crippen LogP contribution < -0.4 is 0 Å². The van der Waals surface area contributed by atoms with Crippen molar-refractivity contribution in [3.63, 3.8) is 0 Å². The van der Waals surface area contributed by atoms with Gasteiger partial charge in [0.15, 0.2) is 0 Å². The second-order valence-electron chi connectivity index (χ2n) is 8.85. The van der Waals surface area contributed by atoms with Gasteiger partial charge in [-0.05, 0) is 48.8 Å². The van der Waals surface area contributed by atoms with Crippen LogP contribution in [0.1, 0.15) is 62.4 Å². The molecule has 2 fully saturated rings. The number of fused-ring (bicyclic) bond motifs is 1. The molecule has 1 heterocycles. The van der Waals surface area contributed by atoms with Gasteiger partial charge < -0.3 is 19.5 Å². The first-order valence-corrected chi connectivity index (χ1v) is 10.00. The highest BCUT2D eigenvalue weighted by molar-refractivity contribution is 5.94. The van der Waals surface area contributed by atoms with Crippen molar-refractivity contribution in [1.29, 1.82) is 0 Å². The molecule has 1 aromatic rings. The number of carbonyl (C=O) groups excluding carboxylic acids is 1. The molecule has 3 atom stereocenters. The third kappa shape index (κ3) is 4.05. The van der Waals surface area contributed by atoms with Crippen molar-refractivity contribution in [2.75, 3.05) is 26.9 Å². The monoisotopic (exact) mass is 375 g/mol. The molecule has 3 rings (SSSR count). The van der Waals surface area contributed by atoms with Crippen LogP contribution in [0.5, 0.6) is 0 Å². The minimum atomic E-state index is -0.264. The van der Waals surface area contributed by atoms with Crippen molar-refractivity contribution in [3.05, 3.63) is 35.4 Å². The molecule has 0 radical (unpaired) electrons. The summed E-state index contributed by atoms with van der Waals surface area (Å²) < 4.78 is 11.7. The van der Waals surface area contributed by atoms with E-state index in [4.69, 9.17) is 14.6 Å². The molecule has 1 aliphatic carbocycles. The lowest BCUT2D eigenvalue weighted by molar-refractivity contribution is -0.0992. The van der Waals surface area contributed by atoms with Crippen molar-refractivity contribution in [1.82, 2.24) is 4.90 Å². The SMILES string of the molecule is CO[C@@]12CCC(OCCO)CC1N(C(=O)c1ccc(C(C)(C)C)cc1)CC2. The first-order valence-electron chi connectivity index (χ1n) is 10.00. The van der Waals surface area contributed by atoms with Crippen molar-refractivity contribution in [3.8, 4) is 0 Å². The van der Waals surface area contributed by atoms with E-state index in [1.807, 2.05) is 17.0 Å². The number of carbonyl (C=O) groups is 1.